The Bertz CT molecular complexity index is 637. The van der Waals surface area contributed by atoms with E-state index in [1.54, 1.807) is 13.0 Å². The van der Waals surface area contributed by atoms with Gasteiger partial charge >= 0.3 is 5.69 Å². The molecule has 0 bridgehead atoms. The van der Waals surface area contributed by atoms with Crippen LogP contribution in [0.15, 0.2) is 26.8 Å². The number of hydrogen-bond donors (Lipinski definition) is 1. The molecule has 0 saturated heterocycles. The van der Waals surface area contributed by atoms with E-state index in [-0.39, 0.29) is 10.7 Å². The number of hydrogen-bond acceptors (Lipinski definition) is 7. The molecule has 0 unspecified atom stereocenters. The Kier molecular flexibility index (Phi) is 4.79. The number of rotatable bonds is 6. The Morgan fingerprint density at radius 2 is 2.14 bits per heavy atom. The fourth-order valence-electron chi connectivity index (χ4n) is 1.57. The standard InChI is InChI=1S/C13H16N4O3S/c1-4-7-14-11-6-5-10(17(18)19)12(16-11)21-13-15-8(2)9(3)20-13/h5-6H,4,7H2,1-3H3,(H,14,16). The van der Waals surface area contributed by atoms with E-state index in [0.717, 1.165) is 30.4 Å². The largest absolute Gasteiger partial charge is 0.436 e. The van der Waals surface area contributed by atoms with Crippen molar-refractivity contribution in [2.75, 3.05) is 11.9 Å². The number of nitrogens with one attached hydrogen (secondary N) is 1. The highest BCUT2D eigenvalue weighted by atomic mass is 32.2. The minimum absolute atomic E-state index is 0.0597. The molecule has 0 radical (unpaired) electrons. The van der Waals surface area contributed by atoms with Crippen molar-refractivity contribution in [3.63, 3.8) is 0 Å². The minimum Gasteiger partial charge on any atom is -0.436 e. The second-order valence-electron chi connectivity index (χ2n) is 4.43. The van der Waals surface area contributed by atoms with Crippen LogP contribution in [0.3, 0.4) is 0 Å². The molecule has 1 N–H and O–H groups in total. The van der Waals surface area contributed by atoms with Gasteiger partial charge in [0, 0.05) is 12.6 Å². The Morgan fingerprint density at radius 1 is 1.38 bits per heavy atom. The van der Waals surface area contributed by atoms with Crippen LogP contribution in [0.5, 0.6) is 0 Å². The van der Waals surface area contributed by atoms with Crippen LogP contribution in [0.25, 0.3) is 0 Å². The normalized spacial score (nSPS) is 10.6. The first-order chi connectivity index (χ1) is 10.0. The quantitative estimate of drug-likeness (QED) is 0.644. The first-order valence-electron chi connectivity index (χ1n) is 6.52. The van der Waals surface area contributed by atoms with Crippen LogP contribution in [0.1, 0.15) is 24.8 Å². The third-order valence-corrected chi connectivity index (χ3v) is 3.63. The predicted octanol–water partition coefficient (Wildman–Crippen LogP) is 3.57. The summed E-state index contributed by atoms with van der Waals surface area (Å²) in [6.07, 6.45) is 0.944. The number of nitrogens with zero attached hydrogens (tertiary/aromatic N) is 3. The lowest BCUT2D eigenvalue weighted by Gasteiger charge is -2.05. The summed E-state index contributed by atoms with van der Waals surface area (Å²) in [6, 6.07) is 3.04. The summed E-state index contributed by atoms with van der Waals surface area (Å²) in [5.74, 6) is 1.30. The van der Waals surface area contributed by atoms with Gasteiger partial charge in [-0.15, -0.1) is 0 Å². The summed E-state index contributed by atoms with van der Waals surface area (Å²) in [7, 11) is 0. The molecule has 0 spiro atoms. The third-order valence-electron chi connectivity index (χ3n) is 2.79. The van der Waals surface area contributed by atoms with E-state index in [0.29, 0.717) is 16.8 Å². The number of aromatic nitrogens is 2. The van der Waals surface area contributed by atoms with Gasteiger partial charge in [0.25, 0.3) is 5.22 Å². The monoisotopic (exact) mass is 308 g/mol. The lowest BCUT2D eigenvalue weighted by atomic mass is 10.4. The summed E-state index contributed by atoms with van der Waals surface area (Å²) in [5.41, 5.74) is 0.705. The summed E-state index contributed by atoms with van der Waals surface area (Å²) >= 11 is 1.05. The van der Waals surface area contributed by atoms with Crippen LogP contribution in [-0.4, -0.2) is 21.4 Å². The Balaban J connectivity index is 2.31. The molecule has 0 aliphatic heterocycles. The summed E-state index contributed by atoms with van der Waals surface area (Å²) in [5, 5.41) is 14.8. The molecular formula is C13H16N4O3S. The van der Waals surface area contributed by atoms with Gasteiger partial charge < -0.3 is 9.73 Å². The lowest BCUT2D eigenvalue weighted by Crippen LogP contribution is -2.03. The van der Waals surface area contributed by atoms with Crippen LogP contribution >= 0.6 is 11.8 Å². The van der Waals surface area contributed by atoms with Crippen LogP contribution in [-0.2, 0) is 0 Å². The van der Waals surface area contributed by atoms with E-state index in [9.17, 15) is 10.1 Å². The fraction of sp³-hybridized carbons (Fsp3) is 0.385. The molecule has 112 valence electrons. The van der Waals surface area contributed by atoms with Gasteiger partial charge in [-0.1, -0.05) is 6.92 Å². The maximum atomic E-state index is 11.1. The highest BCUT2D eigenvalue weighted by Crippen LogP contribution is 2.34. The maximum absolute atomic E-state index is 11.1. The first-order valence-corrected chi connectivity index (χ1v) is 7.34. The van der Waals surface area contributed by atoms with Gasteiger partial charge in [-0.3, -0.25) is 10.1 Å². The molecule has 0 aromatic carbocycles. The zero-order chi connectivity index (χ0) is 15.4. The second-order valence-corrected chi connectivity index (χ2v) is 5.37. The van der Waals surface area contributed by atoms with Crippen LogP contribution < -0.4 is 5.32 Å². The molecule has 0 aliphatic carbocycles. The zero-order valence-electron chi connectivity index (χ0n) is 12.0. The van der Waals surface area contributed by atoms with Gasteiger partial charge in [-0.05, 0) is 38.1 Å². The number of pyridine rings is 1. The van der Waals surface area contributed by atoms with Crippen molar-refractivity contribution in [3.05, 3.63) is 33.7 Å². The lowest BCUT2D eigenvalue weighted by molar-refractivity contribution is -0.388. The van der Waals surface area contributed by atoms with Crippen molar-refractivity contribution in [2.45, 2.75) is 37.4 Å². The summed E-state index contributed by atoms with van der Waals surface area (Å²) < 4.78 is 5.44. The van der Waals surface area contributed by atoms with Crippen LogP contribution in [0.2, 0.25) is 0 Å². The van der Waals surface area contributed by atoms with E-state index < -0.39 is 4.92 Å². The van der Waals surface area contributed by atoms with E-state index in [4.69, 9.17) is 4.42 Å². The van der Waals surface area contributed by atoms with Crippen molar-refractivity contribution in [3.8, 4) is 0 Å². The molecule has 2 aromatic heterocycles. The molecule has 0 amide bonds. The van der Waals surface area contributed by atoms with Gasteiger partial charge in [0.1, 0.15) is 11.6 Å². The van der Waals surface area contributed by atoms with Crippen molar-refractivity contribution in [1.82, 2.24) is 9.97 Å². The molecule has 2 heterocycles. The molecule has 0 atom stereocenters. The Hall–Kier alpha value is -2.09. The summed E-state index contributed by atoms with van der Waals surface area (Å²) in [6.45, 7) is 6.41. The molecule has 0 fully saturated rings. The fourth-order valence-corrected chi connectivity index (χ4v) is 2.47. The highest BCUT2D eigenvalue weighted by molar-refractivity contribution is 7.99. The van der Waals surface area contributed by atoms with Crippen molar-refractivity contribution < 1.29 is 9.34 Å². The highest BCUT2D eigenvalue weighted by Gasteiger charge is 2.20. The van der Waals surface area contributed by atoms with Gasteiger partial charge in [0.05, 0.1) is 10.6 Å². The van der Waals surface area contributed by atoms with E-state index >= 15 is 0 Å². The number of aryl methyl sites for hydroxylation is 2. The first kappa shape index (κ1) is 15.3. The van der Waals surface area contributed by atoms with Crippen LogP contribution in [0, 0.1) is 24.0 Å². The molecule has 7 nitrogen and oxygen atoms in total. The van der Waals surface area contributed by atoms with E-state index in [2.05, 4.69) is 15.3 Å². The molecule has 21 heavy (non-hydrogen) atoms. The molecule has 8 heteroatoms. The van der Waals surface area contributed by atoms with Gasteiger partial charge in [0.2, 0.25) is 0 Å². The van der Waals surface area contributed by atoms with Gasteiger partial charge in [-0.25, -0.2) is 9.97 Å². The van der Waals surface area contributed by atoms with E-state index in [1.165, 1.54) is 6.07 Å². The SMILES string of the molecule is CCCNc1ccc([N+](=O)[O-])c(Sc2nc(C)c(C)o2)n1. The Morgan fingerprint density at radius 3 is 2.71 bits per heavy atom. The molecular weight excluding hydrogens is 292 g/mol. The van der Waals surface area contributed by atoms with E-state index in [1.807, 2.05) is 13.8 Å². The molecule has 2 rings (SSSR count). The maximum Gasteiger partial charge on any atom is 0.302 e. The van der Waals surface area contributed by atoms with Crippen molar-refractivity contribution >= 4 is 23.3 Å². The molecule has 0 saturated carbocycles. The zero-order valence-corrected chi connectivity index (χ0v) is 12.9. The van der Waals surface area contributed by atoms with Crippen molar-refractivity contribution in [2.24, 2.45) is 0 Å². The predicted molar refractivity (Wildman–Crippen MR) is 79.8 cm³/mol. The van der Waals surface area contributed by atoms with Crippen molar-refractivity contribution in [1.29, 1.82) is 0 Å². The summed E-state index contributed by atoms with van der Waals surface area (Å²) in [4.78, 5) is 19.1. The second kappa shape index (κ2) is 6.57. The van der Waals surface area contributed by atoms with Gasteiger partial charge in [0.15, 0.2) is 5.03 Å². The smallest absolute Gasteiger partial charge is 0.302 e. The number of nitro groups is 1. The topological polar surface area (TPSA) is 94.1 Å². The van der Waals surface area contributed by atoms with Crippen LogP contribution in [0.4, 0.5) is 11.5 Å². The third kappa shape index (κ3) is 3.72. The minimum atomic E-state index is -0.457. The average Bonchev–Trinajstić information content (AvgIpc) is 2.75. The Labute approximate surface area is 126 Å². The average molecular weight is 308 g/mol. The molecule has 0 aliphatic rings. The van der Waals surface area contributed by atoms with Gasteiger partial charge in [-0.2, -0.15) is 0 Å². The number of oxazole rings is 1. The molecule has 2 aromatic rings. The number of anilines is 1.